The summed E-state index contributed by atoms with van der Waals surface area (Å²) in [7, 11) is 0. The van der Waals surface area contributed by atoms with E-state index in [4.69, 9.17) is 4.74 Å². The molecule has 7 heteroatoms. The summed E-state index contributed by atoms with van der Waals surface area (Å²) in [5, 5.41) is 2.22. The zero-order chi connectivity index (χ0) is 15.7. The molecule has 0 spiro atoms. The van der Waals surface area contributed by atoms with Gasteiger partial charge in [0.25, 0.3) is 11.8 Å². The fourth-order valence-corrected chi connectivity index (χ4v) is 3.35. The van der Waals surface area contributed by atoms with Crippen molar-refractivity contribution in [1.29, 1.82) is 0 Å². The summed E-state index contributed by atoms with van der Waals surface area (Å²) in [4.78, 5) is 39.3. The predicted molar refractivity (Wildman–Crippen MR) is 81.3 cm³/mol. The SMILES string of the molecule is Cc1ccc(/C=C2/C(=O)NC(=O)N(C[C@H]3CCCO3)C2=O)s1. The van der Waals surface area contributed by atoms with E-state index < -0.39 is 17.8 Å². The van der Waals surface area contributed by atoms with Gasteiger partial charge in [0.15, 0.2) is 0 Å². The molecule has 2 aliphatic heterocycles. The molecule has 0 bridgehead atoms. The second-order valence-corrected chi connectivity index (χ2v) is 6.64. The minimum absolute atomic E-state index is 0.0144. The van der Waals surface area contributed by atoms with Crippen LogP contribution in [0.4, 0.5) is 4.79 Å². The van der Waals surface area contributed by atoms with Crippen molar-refractivity contribution < 1.29 is 19.1 Å². The number of barbiturate groups is 1. The molecule has 6 nitrogen and oxygen atoms in total. The number of urea groups is 1. The molecule has 0 aliphatic carbocycles. The van der Waals surface area contributed by atoms with Crippen LogP contribution in [0.5, 0.6) is 0 Å². The van der Waals surface area contributed by atoms with Crippen LogP contribution in [0.15, 0.2) is 17.7 Å². The Bertz CT molecular complexity index is 658. The molecular formula is C15H16N2O4S. The molecule has 2 fully saturated rings. The summed E-state index contributed by atoms with van der Waals surface area (Å²) in [5.74, 6) is -1.21. The number of carbonyl (C=O) groups is 3. The van der Waals surface area contributed by atoms with Crippen molar-refractivity contribution >= 4 is 35.3 Å². The Labute approximate surface area is 131 Å². The van der Waals surface area contributed by atoms with E-state index in [1.807, 2.05) is 19.1 Å². The fraction of sp³-hybridized carbons (Fsp3) is 0.400. The first kappa shape index (κ1) is 14.9. The molecule has 0 unspecified atom stereocenters. The molecule has 116 valence electrons. The minimum Gasteiger partial charge on any atom is -0.376 e. The van der Waals surface area contributed by atoms with Gasteiger partial charge in [-0.15, -0.1) is 11.3 Å². The first-order valence-electron chi connectivity index (χ1n) is 7.11. The van der Waals surface area contributed by atoms with Crippen molar-refractivity contribution in [3.63, 3.8) is 0 Å². The highest BCUT2D eigenvalue weighted by Gasteiger charge is 2.37. The number of aryl methyl sites for hydroxylation is 1. The largest absolute Gasteiger partial charge is 0.376 e. The van der Waals surface area contributed by atoms with Crippen LogP contribution in [0.3, 0.4) is 0 Å². The van der Waals surface area contributed by atoms with E-state index in [1.165, 1.54) is 17.4 Å². The lowest BCUT2D eigenvalue weighted by molar-refractivity contribution is -0.131. The number of amides is 4. The van der Waals surface area contributed by atoms with Gasteiger partial charge in [-0.3, -0.25) is 19.8 Å². The van der Waals surface area contributed by atoms with E-state index in [0.717, 1.165) is 27.5 Å². The van der Waals surface area contributed by atoms with Gasteiger partial charge in [-0.25, -0.2) is 4.79 Å². The summed E-state index contributed by atoms with van der Waals surface area (Å²) >= 11 is 1.48. The van der Waals surface area contributed by atoms with Crippen LogP contribution in [-0.4, -0.2) is 42.0 Å². The molecule has 1 aromatic heterocycles. The Hall–Kier alpha value is -1.99. The summed E-state index contributed by atoms with van der Waals surface area (Å²) in [6.45, 7) is 2.77. The van der Waals surface area contributed by atoms with E-state index in [0.29, 0.717) is 6.61 Å². The monoisotopic (exact) mass is 320 g/mol. The van der Waals surface area contributed by atoms with E-state index in [-0.39, 0.29) is 18.2 Å². The third-order valence-corrected chi connectivity index (χ3v) is 4.59. The molecule has 3 rings (SSSR count). The molecule has 4 amide bonds. The van der Waals surface area contributed by atoms with Crippen LogP contribution < -0.4 is 5.32 Å². The summed E-state index contributed by atoms with van der Waals surface area (Å²) in [6.07, 6.45) is 3.12. The number of carbonyl (C=O) groups excluding carboxylic acids is 3. The Kier molecular flexibility index (Phi) is 4.08. The van der Waals surface area contributed by atoms with Crippen molar-refractivity contribution in [3.05, 3.63) is 27.5 Å². The molecule has 0 aromatic carbocycles. The standard InChI is InChI=1S/C15H16N2O4S/c1-9-4-5-11(22-9)7-12-13(18)16-15(20)17(14(12)19)8-10-3-2-6-21-10/h4-5,7,10H,2-3,6,8H2,1H3,(H,16,18,20)/b12-7-/t10-/m1/s1. The predicted octanol–water partition coefficient (Wildman–Crippen LogP) is 1.70. The van der Waals surface area contributed by atoms with Crippen LogP contribution in [-0.2, 0) is 14.3 Å². The molecule has 1 atom stereocenters. The van der Waals surface area contributed by atoms with Crippen molar-refractivity contribution in [2.45, 2.75) is 25.9 Å². The zero-order valence-corrected chi connectivity index (χ0v) is 12.9. The Morgan fingerprint density at radius 2 is 2.23 bits per heavy atom. The maximum Gasteiger partial charge on any atom is 0.331 e. The van der Waals surface area contributed by atoms with Gasteiger partial charge in [-0.05, 0) is 38.0 Å². The van der Waals surface area contributed by atoms with Crippen LogP contribution in [0.2, 0.25) is 0 Å². The molecule has 1 N–H and O–H groups in total. The third kappa shape index (κ3) is 2.95. The number of hydrogen-bond acceptors (Lipinski definition) is 5. The average molecular weight is 320 g/mol. The average Bonchev–Trinajstić information content (AvgIpc) is 3.11. The van der Waals surface area contributed by atoms with Gasteiger partial charge in [0, 0.05) is 16.4 Å². The van der Waals surface area contributed by atoms with Crippen LogP contribution >= 0.6 is 11.3 Å². The van der Waals surface area contributed by atoms with E-state index >= 15 is 0 Å². The zero-order valence-electron chi connectivity index (χ0n) is 12.1. The highest BCUT2D eigenvalue weighted by molar-refractivity contribution is 7.12. The summed E-state index contributed by atoms with van der Waals surface area (Å²) in [6, 6.07) is 3.08. The van der Waals surface area contributed by atoms with Gasteiger partial charge < -0.3 is 4.74 Å². The highest BCUT2D eigenvalue weighted by atomic mass is 32.1. The minimum atomic E-state index is -0.676. The number of nitrogens with zero attached hydrogens (tertiary/aromatic N) is 1. The van der Waals surface area contributed by atoms with Crippen molar-refractivity contribution in [2.75, 3.05) is 13.2 Å². The van der Waals surface area contributed by atoms with Crippen LogP contribution in [0.25, 0.3) is 6.08 Å². The van der Waals surface area contributed by atoms with E-state index in [1.54, 1.807) is 0 Å². The van der Waals surface area contributed by atoms with E-state index in [2.05, 4.69) is 5.32 Å². The maximum absolute atomic E-state index is 12.5. The third-order valence-electron chi connectivity index (χ3n) is 3.64. The van der Waals surface area contributed by atoms with Crippen molar-refractivity contribution in [1.82, 2.24) is 10.2 Å². The lowest BCUT2D eigenvalue weighted by Crippen LogP contribution is -2.55. The summed E-state index contributed by atoms with van der Waals surface area (Å²) in [5.41, 5.74) is -0.0144. The van der Waals surface area contributed by atoms with Crippen LogP contribution in [0.1, 0.15) is 22.6 Å². The quantitative estimate of drug-likeness (QED) is 0.679. The molecular weight excluding hydrogens is 304 g/mol. The molecule has 2 saturated heterocycles. The maximum atomic E-state index is 12.5. The number of imide groups is 2. The Morgan fingerprint density at radius 3 is 2.86 bits per heavy atom. The molecule has 1 aromatic rings. The first-order valence-corrected chi connectivity index (χ1v) is 7.93. The number of ether oxygens (including phenoxy) is 1. The molecule has 0 saturated carbocycles. The Morgan fingerprint density at radius 1 is 1.41 bits per heavy atom. The second kappa shape index (κ2) is 6.02. The first-order chi connectivity index (χ1) is 10.5. The summed E-state index contributed by atoms with van der Waals surface area (Å²) < 4.78 is 5.46. The normalized spacial score (nSPS) is 24.2. The topological polar surface area (TPSA) is 75.7 Å². The molecule has 2 aliphatic rings. The van der Waals surface area contributed by atoms with Gasteiger partial charge in [0.2, 0.25) is 0 Å². The number of rotatable bonds is 3. The smallest absolute Gasteiger partial charge is 0.331 e. The van der Waals surface area contributed by atoms with Gasteiger partial charge in [0.1, 0.15) is 5.57 Å². The molecule has 22 heavy (non-hydrogen) atoms. The number of nitrogens with one attached hydrogen (secondary N) is 1. The van der Waals surface area contributed by atoms with Gasteiger partial charge >= 0.3 is 6.03 Å². The molecule has 0 radical (unpaired) electrons. The van der Waals surface area contributed by atoms with Crippen molar-refractivity contribution in [2.24, 2.45) is 0 Å². The Balaban J connectivity index is 1.83. The fourth-order valence-electron chi connectivity index (χ4n) is 2.53. The van der Waals surface area contributed by atoms with Gasteiger partial charge in [-0.2, -0.15) is 0 Å². The van der Waals surface area contributed by atoms with E-state index in [9.17, 15) is 14.4 Å². The second-order valence-electron chi connectivity index (χ2n) is 5.32. The van der Waals surface area contributed by atoms with Crippen LogP contribution in [0, 0.1) is 6.92 Å². The number of hydrogen-bond donors (Lipinski definition) is 1. The number of thiophene rings is 1. The highest BCUT2D eigenvalue weighted by Crippen LogP contribution is 2.22. The van der Waals surface area contributed by atoms with Crippen molar-refractivity contribution in [3.8, 4) is 0 Å². The van der Waals surface area contributed by atoms with Gasteiger partial charge in [-0.1, -0.05) is 0 Å². The lowest BCUT2D eigenvalue weighted by atomic mass is 10.1. The lowest BCUT2D eigenvalue weighted by Gasteiger charge is -2.28. The molecule has 3 heterocycles. The van der Waals surface area contributed by atoms with Gasteiger partial charge in [0.05, 0.1) is 12.6 Å².